The summed E-state index contributed by atoms with van der Waals surface area (Å²) >= 11 is 0. The second kappa shape index (κ2) is 14.5. The zero-order chi connectivity index (χ0) is 32.6. The van der Waals surface area contributed by atoms with Crippen LogP contribution < -0.4 is 5.32 Å². The van der Waals surface area contributed by atoms with Crippen LogP contribution in [0.1, 0.15) is 54.1 Å². The molecule has 2 aromatic carbocycles. The van der Waals surface area contributed by atoms with E-state index in [2.05, 4.69) is 16.8 Å². The lowest BCUT2D eigenvalue weighted by atomic mass is 9.99. The van der Waals surface area contributed by atoms with E-state index >= 15 is 0 Å². The average Bonchev–Trinajstić information content (AvgIpc) is 3.31. The van der Waals surface area contributed by atoms with Crippen molar-refractivity contribution in [2.75, 3.05) is 19.4 Å². The van der Waals surface area contributed by atoms with Crippen LogP contribution in [0.15, 0.2) is 54.6 Å². The number of amides is 2. The molecule has 13 heteroatoms. The molecule has 0 saturated carbocycles. The lowest BCUT2D eigenvalue weighted by Crippen LogP contribution is -2.28. The number of carbonyl (C=O) groups is 3. The molecule has 0 aliphatic carbocycles. The maximum Gasteiger partial charge on any atom is 0.490 e. The van der Waals surface area contributed by atoms with Gasteiger partial charge in [-0.25, -0.2) is 24.4 Å². The summed E-state index contributed by atoms with van der Waals surface area (Å²) in [5, 5.41) is 19.6. The Hall–Kier alpha value is -4.94. The number of hydrogen-bond acceptors (Lipinski definition) is 5. The SMILES string of the molecule is CCCCc1nc2cc(NC(=O)N(C)C)c(CC)nc2n1Cc1ccc(-c2ccccc2C(=O)O)cc1.O=C(O)C(F)(F)F. The number of carboxylic acids is 2. The van der Waals surface area contributed by atoms with Crippen LogP contribution in [0, 0.1) is 0 Å². The topological polar surface area (TPSA) is 138 Å². The molecule has 2 amide bonds. The van der Waals surface area contributed by atoms with E-state index in [1.807, 2.05) is 49.4 Å². The van der Waals surface area contributed by atoms with Crippen molar-refractivity contribution >= 4 is 34.8 Å². The number of benzene rings is 2. The van der Waals surface area contributed by atoms with Gasteiger partial charge in [-0.05, 0) is 41.7 Å². The first kappa shape index (κ1) is 33.6. The number of nitrogens with one attached hydrogen (secondary N) is 1. The Morgan fingerprint density at radius 3 is 2.16 bits per heavy atom. The first-order chi connectivity index (χ1) is 20.8. The number of anilines is 1. The van der Waals surface area contributed by atoms with E-state index in [9.17, 15) is 27.9 Å². The van der Waals surface area contributed by atoms with Gasteiger partial charge in [0.15, 0.2) is 5.65 Å². The van der Waals surface area contributed by atoms with Crippen molar-refractivity contribution in [3.05, 3.63) is 77.2 Å². The first-order valence-electron chi connectivity index (χ1n) is 13.9. The Bertz CT molecular complexity index is 1630. The van der Waals surface area contributed by atoms with Gasteiger partial charge in [0.25, 0.3) is 0 Å². The minimum atomic E-state index is -5.08. The smallest absolute Gasteiger partial charge is 0.478 e. The molecule has 0 spiro atoms. The fraction of sp³-hybridized carbons (Fsp3) is 0.323. The highest BCUT2D eigenvalue weighted by Crippen LogP contribution is 2.27. The molecule has 0 bridgehead atoms. The number of halogens is 3. The molecule has 2 aromatic heterocycles. The molecule has 0 unspecified atom stereocenters. The minimum Gasteiger partial charge on any atom is -0.478 e. The predicted molar refractivity (Wildman–Crippen MR) is 160 cm³/mol. The van der Waals surface area contributed by atoms with E-state index in [1.165, 1.54) is 4.90 Å². The summed E-state index contributed by atoms with van der Waals surface area (Å²) in [6.07, 6.45) is -1.51. The van der Waals surface area contributed by atoms with Crippen molar-refractivity contribution in [1.82, 2.24) is 19.4 Å². The van der Waals surface area contributed by atoms with Crippen molar-refractivity contribution in [2.24, 2.45) is 0 Å². The van der Waals surface area contributed by atoms with Gasteiger partial charge in [-0.3, -0.25) is 0 Å². The number of rotatable bonds is 9. The zero-order valence-electron chi connectivity index (χ0n) is 24.8. The summed E-state index contributed by atoms with van der Waals surface area (Å²) in [6, 6.07) is 16.7. The van der Waals surface area contributed by atoms with Gasteiger partial charge in [-0.2, -0.15) is 13.2 Å². The second-order valence-corrected chi connectivity index (χ2v) is 10.1. The van der Waals surface area contributed by atoms with Crippen LogP contribution >= 0.6 is 0 Å². The van der Waals surface area contributed by atoms with Gasteiger partial charge >= 0.3 is 24.1 Å². The van der Waals surface area contributed by atoms with Crippen molar-refractivity contribution in [3.8, 4) is 11.1 Å². The number of alkyl halides is 3. The lowest BCUT2D eigenvalue weighted by Gasteiger charge is -2.15. The molecule has 44 heavy (non-hydrogen) atoms. The Morgan fingerprint density at radius 1 is 0.977 bits per heavy atom. The standard InChI is InChI=1S/C29H33N5O3.C2HF3O2/c1-5-7-12-26-30-25-17-24(32-29(37)33(3)4)23(6-2)31-27(25)34(26)18-19-13-15-20(16-14-19)21-10-8-9-11-22(21)28(35)36;3-2(4,5)1(6)7/h8-11,13-17H,5-7,12,18H2,1-4H3,(H,32,37)(H,35,36);(H,6,7). The quantitative estimate of drug-likeness (QED) is 0.197. The van der Waals surface area contributed by atoms with Gasteiger partial charge in [-0.1, -0.05) is 62.7 Å². The number of unbranched alkanes of at least 4 members (excludes halogenated alkanes) is 1. The molecule has 2 heterocycles. The number of imidazole rings is 1. The number of aromatic carboxylic acids is 1. The number of hydrogen-bond donors (Lipinski definition) is 3. The molecule has 234 valence electrons. The van der Waals surface area contributed by atoms with Crippen LogP contribution in [0.25, 0.3) is 22.3 Å². The monoisotopic (exact) mass is 613 g/mol. The number of aliphatic carboxylic acids is 1. The number of aryl methyl sites for hydroxylation is 2. The number of nitrogens with zero attached hydrogens (tertiary/aromatic N) is 4. The number of fused-ring (bicyclic) bond motifs is 1. The molecule has 0 radical (unpaired) electrons. The molecular weight excluding hydrogens is 579 g/mol. The second-order valence-electron chi connectivity index (χ2n) is 10.1. The van der Waals surface area contributed by atoms with Gasteiger partial charge in [0.2, 0.25) is 0 Å². The van der Waals surface area contributed by atoms with Crippen LogP contribution in [0.5, 0.6) is 0 Å². The molecule has 4 rings (SSSR count). The third-order valence-corrected chi connectivity index (χ3v) is 6.62. The van der Waals surface area contributed by atoms with Gasteiger partial charge in [0, 0.05) is 20.5 Å². The maximum atomic E-state index is 12.3. The fourth-order valence-electron chi connectivity index (χ4n) is 4.32. The Kier molecular flexibility index (Phi) is 11.1. The highest BCUT2D eigenvalue weighted by atomic mass is 19.4. The van der Waals surface area contributed by atoms with Crippen LogP contribution in [0.2, 0.25) is 0 Å². The van der Waals surface area contributed by atoms with Crippen LogP contribution in [0.3, 0.4) is 0 Å². The zero-order valence-corrected chi connectivity index (χ0v) is 24.8. The van der Waals surface area contributed by atoms with E-state index in [-0.39, 0.29) is 11.6 Å². The molecule has 4 aromatic rings. The number of aromatic nitrogens is 3. The molecule has 3 N–H and O–H groups in total. The lowest BCUT2D eigenvalue weighted by molar-refractivity contribution is -0.192. The summed E-state index contributed by atoms with van der Waals surface area (Å²) in [6.45, 7) is 4.77. The van der Waals surface area contributed by atoms with Crippen molar-refractivity contribution < 1.29 is 37.8 Å². The van der Waals surface area contributed by atoms with E-state index in [0.717, 1.165) is 53.1 Å². The largest absolute Gasteiger partial charge is 0.490 e. The highest BCUT2D eigenvalue weighted by molar-refractivity contribution is 5.96. The van der Waals surface area contributed by atoms with E-state index < -0.39 is 18.1 Å². The molecule has 0 aliphatic heterocycles. The molecule has 0 atom stereocenters. The molecule has 0 saturated heterocycles. The summed E-state index contributed by atoms with van der Waals surface area (Å²) in [5.41, 5.74) is 5.95. The van der Waals surface area contributed by atoms with Gasteiger partial charge in [0.1, 0.15) is 11.3 Å². The normalized spacial score (nSPS) is 11.1. The third-order valence-electron chi connectivity index (χ3n) is 6.62. The molecule has 0 fully saturated rings. The van der Waals surface area contributed by atoms with Crippen LogP contribution in [-0.2, 0) is 24.2 Å². The van der Waals surface area contributed by atoms with Crippen LogP contribution in [-0.4, -0.2) is 67.9 Å². The Balaban J connectivity index is 0.000000676. The number of urea groups is 1. The van der Waals surface area contributed by atoms with Gasteiger partial charge in [-0.15, -0.1) is 0 Å². The van der Waals surface area contributed by atoms with Gasteiger partial charge in [0.05, 0.1) is 23.5 Å². The van der Waals surface area contributed by atoms with E-state index in [1.54, 1.807) is 26.2 Å². The molecule has 0 aliphatic rings. The Labute approximate surface area is 252 Å². The minimum absolute atomic E-state index is 0.203. The fourth-order valence-corrected chi connectivity index (χ4v) is 4.32. The maximum absolute atomic E-state index is 12.3. The van der Waals surface area contributed by atoms with Crippen molar-refractivity contribution in [3.63, 3.8) is 0 Å². The van der Waals surface area contributed by atoms with E-state index in [0.29, 0.717) is 24.2 Å². The summed E-state index contributed by atoms with van der Waals surface area (Å²) in [5.74, 6) is -2.74. The molecule has 10 nitrogen and oxygen atoms in total. The first-order valence-corrected chi connectivity index (χ1v) is 13.9. The van der Waals surface area contributed by atoms with Crippen LogP contribution in [0.4, 0.5) is 23.7 Å². The number of carboxylic acid groups (broad SMARTS) is 2. The summed E-state index contributed by atoms with van der Waals surface area (Å²) in [7, 11) is 3.41. The summed E-state index contributed by atoms with van der Waals surface area (Å²) in [4.78, 5) is 44.2. The number of carbonyl (C=O) groups excluding carboxylic acids is 1. The molecular formula is C31H34F3N5O5. The highest BCUT2D eigenvalue weighted by Gasteiger charge is 2.38. The van der Waals surface area contributed by atoms with Crippen molar-refractivity contribution in [1.29, 1.82) is 0 Å². The third kappa shape index (κ3) is 8.33. The number of pyridine rings is 1. The predicted octanol–water partition coefficient (Wildman–Crippen LogP) is 6.48. The van der Waals surface area contributed by atoms with Gasteiger partial charge < -0.3 is 25.0 Å². The average molecular weight is 614 g/mol. The van der Waals surface area contributed by atoms with Crippen molar-refractivity contribution in [2.45, 2.75) is 52.3 Å². The van der Waals surface area contributed by atoms with E-state index in [4.69, 9.17) is 19.9 Å². The summed E-state index contributed by atoms with van der Waals surface area (Å²) < 4.78 is 33.9. The Morgan fingerprint density at radius 2 is 1.61 bits per heavy atom.